The number of aliphatic hydroxyl groups is 1. The molecule has 214 valence electrons. The lowest BCUT2D eigenvalue weighted by atomic mass is 10.1. The Labute approximate surface area is 249 Å². The lowest BCUT2D eigenvalue weighted by Crippen LogP contribution is -2.49. The minimum absolute atomic E-state index is 0. The van der Waals surface area contributed by atoms with Crippen molar-refractivity contribution in [1.82, 2.24) is 30.1 Å². The number of benzene rings is 1. The average Bonchev–Trinajstić information content (AvgIpc) is 3.30. The van der Waals surface area contributed by atoms with Gasteiger partial charge >= 0.3 is 0 Å². The zero-order valence-corrected chi connectivity index (χ0v) is 24.5. The molecular formula is C28H38N8O2S2. The van der Waals surface area contributed by atoms with E-state index < -0.39 is 6.10 Å². The Kier molecular flexibility index (Phi) is 10.3. The smallest absolute Gasteiger partial charge is 0.234 e. The van der Waals surface area contributed by atoms with Crippen molar-refractivity contribution in [3.8, 4) is 11.3 Å². The van der Waals surface area contributed by atoms with Crippen LogP contribution in [0.5, 0.6) is 0 Å². The second-order valence-electron chi connectivity index (χ2n) is 10.4. The van der Waals surface area contributed by atoms with Crippen molar-refractivity contribution in [1.29, 1.82) is 0 Å². The third-order valence-electron chi connectivity index (χ3n) is 7.61. The summed E-state index contributed by atoms with van der Waals surface area (Å²) in [6, 6.07) is 14.3. The van der Waals surface area contributed by atoms with Crippen molar-refractivity contribution < 1.29 is 9.90 Å². The van der Waals surface area contributed by atoms with Crippen molar-refractivity contribution >= 4 is 50.4 Å². The fraction of sp³-hybridized carbons (Fsp3) is 0.429. The highest BCUT2D eigenvalue weighted by molar-refractivity contribution is 7.59. The predicted octanol–water partition coefficient (Wildman–Crippen LogP) is 2.08. The molecule has 12 heteroatoms. The Balaban J connectivity index is 0.00000185. The van der Waals surface area contributed by atoms with Crippen LogP contribution in [-0.2, 0) is 11.3 Å². The molecule has 8 bridgehead atoms. The summed E-state index contributed by atoms with van der Waals surface area (Å²) in [5, 5.41) is 16.8. The summed E-state index contributed by atoms with van der Waals surface area (Å²) >= 11 is 0. The maximum Gasteiger partial charge on any atom is 0.234 e. The van der Waals surface area contributed by atoms with Crippen LogP contribution < -0.4 is 15.5 Å². The molecule has 2 fully saturated rings. The summed E-state index contributed by atoms with van der Waals surface area (Å²) < 4.78 is 0. The van der Waals surface area contributed by atoms with Gasteiger partial charge in [0.2, 0.25) is 11.9 Å². The van der Waals surface area contributed by atoms with E-state index in [4.69, 9.17) is 9.97 Å². The van der Waals surface area contributed by atoms with Gasteiger partial charge in [0, 0.05) is 75.5 Å². The summed E-state index contributed by atoms with van der Waals surface area (Å²) in [5.41, 5.74) is 3.85. The van der Waals surface area contributed by atoms with Crippen LogP contribution in [0.3, 0.4) is 0 Å². The van der Waals surface area contributed by atoms with Gasteiger partial charge in [-0.15, -0.1) is 0 Å². The molecule has 6 aliphatic rings. The first kappa shape index (κ1) is 30.1. The van der Waals surface area contributed by atoms with E-state index in [0.29, 0.717) is 32.0 Å². The third-order valence-corrected chi connectivity index (χ3v) is 7.61. The Morgan fingerprint density at radius 2 is 1.75 bits per heavy atom. The monoisotopic (exact) mass is 582 g/mol. The van der Waals surface area contributed by atoms with Gasteiger partial charge in [0.15, 0.2) is 0 Å². The van der Waals surface area contributed by atoms with Crippen molar-refractivity contribution in [2.75, 3.05) is 56.0 Å². The summed E-state index contributed by atoms with van der Waals surface area (Å²) in [5.74, 6) is 1.42. The van der Waals surface area contributed by atoms with Crippen LogP contribution in [0.2, 0.25) is 0 Å². The highest BCUT2D eigenvalue weighted by atomic mass is 32.1. The van der Waals surface area contributed by atoms with Crippen LogP contribution in [0.4, 0.5) is 17.5 Å². The molecule has 1 amide bonds. The van der Waals surface area contributed by atoms with Crippen molar-refractivity contribution in [3.05, 3.63) is 60.4 Å². The fourth-order valence-electron chi connectivity index (χ4n) is 5.61. The van der Waals surface area contributed by atoms with E-state index in [2.05, 4.69) is 48.5 Å². The number of hydrogen-bond donors (Lipinski definition) is 3. The number of carbonyl (C=O) groups is 1. The lowest BCUT2D eigenvalue weighted by Gasteiger charge is -2.34. The Morgan fingerprint density at radius 3 is 2.52 bits per heavy atom. The normalized spacial score (nSPS) is 24.6. The topological polar surface area (TPSA) is 110 Å². The minimum atomic E-state index is -0.402. The number of rotatable bonds is 0. The quantitative estimate of drug-likeness (QED) is 0.367. The maximum absolute atomic E-state index is 12.6. The zero-order valence-electron chi connectivity index (χ0n) is 22.5. The predicted molar refractivity (Wildman–Crippen MR) is 167 cm³/mol. The van der Waals surface area contributed by atoms with Gasteiger partial charge < -0.3 is 20.6 Å². The number of carbonyl (C=O) groups excluding carboxylic acids is 1. The van der Waals surface area contributed by atoms with E-state index in [0.717, 1.165) is 61.9 Å². The second-order valence-corrected chi connectivity index (χ2v) is 10.4. The third kappa shape index (κ3) is 7.24. The Bertz CT molecular complexity index is 1270. The first-order chi connectivity index (χ1) is 18.6. The van der Waals surface area contributed by atoms with Gasteiger partial charge in [-0.1, -0.05) is 12.1 Å². The van der Waals surface area contributed by atoms with Crippen molar-refractivity contribution in [3.63, 3.8) is 0 Å². The minimum Gasteiger partial charge on any atom is -0.391 e. The van der Waals surface area contributed by atoms with Gasteiger partial charge in [0.1, 0.15) is 5.82 Å². The van der Waals surface area contributed by atoms with Crippen LogP contribution in [0.15, 0.2) is 54.9 Å². The van der Waals surface area contributed by atoms with Crippen LogP contribution >= 0.6 is 27.0 Å². The molecular weight excluding hydrogens is 544 g/mol. The van der Waals surface area contributed by atoms with E-state index >= 15 is 0 Å². The fourth-order valence-corrected chi connectivity index (χ4v) is 5.61. The molecule has 9 rings (SSSR count). The number of amides is 1. The molecule has 10 nitrogen and oxygen atoms in total. The molecule has 2 unspecified atom stereocenters. The molecule has 0 spiro atoms. The molecule has 6 aliphatic heterocycles. The van der Waals surface area contributed by atoms with E-state index in [1.165, 1.54) is 5.56 Å². The SMILES string of the molecule is O=C1CN2CCN(CC2)Cc2cccc(c2)Nc2nccc(n2)-c2ccc(nc2)N2CC(O)CC2CCN1.S.S. The van der Waals surface area contributed by atoms with Gasteiger partial charge in [-0.3, -0.25) is 14.6 Å². The van der Waals surface area contributed by atoms with Crippen molar-refractivity contribution in [2.24, 2.45) is 0 Å². The molecule has 2 saturated heterocycles. The number of piperazine rings is 1. The Hall–Kier alpha value is -2.90. The van der Waals surface area contributed by atoms with E-state index in [1.54, 1.807) is 6.20 Å². The van der Waals surface area contributed by atoms with Crippen molar-refractivity contribution in [2.45, 2.75) is 31.5 Å². The molecule has 3 N–H and O–H groups in total. The molecule has 0 aliphatic carbocycles. The molecule has 8 heterocycles. The number of nitrogens with zero attached hydrogens (tertiary/aromatic N) is 6. The van der Waals surface area contributed by atoms with E-state index in [-0.39, 0.29) is 38.9 Å². The highest BCUT2D eigenvalue weighted by Crippen LogP contribution is 2.28. The van der Waals surface area contributed by atoms with Gasteiger partial charge in [0.25, 0.3) is 0 Å². The number of anilines is 3. The van der Waals surface area contributed by atoms with Crippen LogP contribution in [0.1, 0.15) is 18.4 Å². The standard InChI is InChI=1S/C28H34N8O2.2H2S/c37-24-15-23-6-8-29-27(38)19-35-12-10-34(11-13-35)17-20-2-1-3-22(14-20)32-28-30-9-7-25(33-28)21-4-5-26(31-16-21)36(23)18-24;;/h1-5,7,9,14,16,23-24,37H,6,8,10-13,15,17-19H2,(H,29,38)(H,30,32,33);2*1H2. The van der Waals surface area contributed by atoms with E-state index in [1.807, 2.05) is 30.5 Å². The largest absolute Gasteiger partial charge is 0.391 e. The van der Waals surface area contributed by atoms with Gasteiger partial charge in [-0.25, -0.2) is 15.0 Å². The second kappa shape index (κ2) is 13.6. The number of aliphatic hydroxyl groups excluding tert-OH is 1. The maximum atomic E-state index is 12.6. The molecule has 0 radical (unpaired) electrons. The molecule has 40 heavy (non-hydrogen) atoms. The molecule has 2 aromatic heterocycles. The molecule has 3 aromatic rings. The average molecular weight is 583 g/mol. The highest BCUT2D eigenvalue weighted by Gasteiger charge is 2.31. The molecule has 1 aromatic carbocycles. The Morgan fingerprint density at radius 1 is 0.950 bits per heavy atom. The number of pyridine rings is 1. The summed E-state index contributed by atoms with van der Waals surface area (Å²) in [7, 11) is 0. The molecule has 0 saturated carbocycles. The van der Waals surface area contributed by atoms with E-state index in [9.17, 15) is 9.90 Å². The zero-order chi connectivity index (χ0) is 25.9. The van der Waals surface area contributed by atoms with Crippen LogP contribution in [-0.4, -0.2) is 93.7 Å². The number of aromatic nitrogens is 3. The lowest BCUT2D eigenvalue weighted by molar-refractivity contribution is -0.122. The summed E-state index contributed by atoms with van der Waals surface area (Å²) in [4.78, 5) is 33.3. The van der Waals surface area contributed by atoms with Gasteiger partial charge in [0.05, 0.1) is 18.3 Å². The summed E-state index contributed by atoms with van der Waals surface area (Å²) in [6.07, 6.45) is 4.60. The first-order valence-corrected chi connectivity index (χ1v) is 13.4. The molecule has 2 atom stereocenters. The number of hydrogen-bond acceptors (Lipinski definition) is 9. The van der Waals surface area contributed by atoms with Gasteiger partial charge in [-0.2, -0.15) is 27.0 Å². The summed E-state index contributed by atoms with van der Waals surface area (Å²) in [6.45, 7) is 5.99. The first-order valence-electron chi connectivity index (χ1n) is 13.4. The number of nitrogens with one attached hydrogen (secondary N) is 2. The van der Waals surface area contributed by atoms with Crippen LogP contribution in [0, 0.1) is 0 Å². The van der Waals surface area contributed by atoms with Crippen LogP contribution in [0.25, 0.3) is 11.3 Å². The van der Waals surface area contributed by atoms with Gasteiger partial charge in [-0.05, 0) is 48.7 Å².